The van der Waals surface area contributed by atoms with Crippen molar-refractivity contribution in [3.63, 3.8) is 0 Å². The lowest BCUT2D eigenvalue weighted by Gasteiger charge is -2.17. The molecule has 0 unspecified atom stereocenters. The fourth-order valence-electron chi connectivity index (χ4n) is 4.52. The number of hydrogen-bond acceptors (Lipinski definition) is 4. The number of ether oxygens (including phenoxy) is 2. The van der Waals surface area contributed by atoms with Crippen molar-refractivity contribution in [1.29, 1.82) is 0 Å². The first-order chi connectivity index (χ1) is 16.6. The number of benzene rings is 5. The van der Waals surface area contributed by atoms with Gasteiger partial charge in [-0.25, -0.2) is 9.59 Å². The highest BCUT2D eigenvalue weighted by atomic mass is 16.5. The molecule has 5 aromatic rings. The summed E-state index contributed by atoms with van der Waals surface area (Å²) in [6.07, 6.45) is 0. The molecule has 0 aliphatic rings. The summed E-state index contributed by atoms with van der Waals surface area (Å²) in [5.74, 6) is -0.943. The number of carbonyl (C=O) groups excluding carboxylic acids is 2. The minimum absolute atomic E-state index is 0.384. The van der Waals surface area contributed by atoms with E-state index in [-0.39, 0.29) is 0 Å². The van der Waals surface area contributed by atoms with Crippen LogP contribution in [0.3, 0.4) is 0 Å². The van der Waals surface area contributed by atoms with Crippen LogP contribution in [0.2, 0.25) is 0 Å². The molecule has 0 aliphatic heterocycles. The van der Waals surface area contributed by atoms with Gasteiger partial charge in [0.25, 0.3) is 0 Å². The van der Waals surface area contributed by atoms with E-state index in [1.807, 2.05) is 84.9 Å². The smallest absolute Gasteiger partial charge is 0.338 e. The average Bonchev–Trinajstić information content (AvgIpc) is 2.90. The molecule has 0 saturated carbocycles. The van der Waals surface area contributed by atoms with Crippen molar-refractivity contribution in [2.45, 2.75) is 0 Å². The second-order valence-corrected chi connectivity index (χ2v) is 7.98. The van der Waals surface area contributed by atoms with Gasteiger partial charge in [-0.2, -0.15) is 0 Å². The summed E-state index contributed by atoms with van der Waals surface area (Å²) in [6.45, 7) is 0. The van der Waals surface area contributed by atoms with Gasteiger partial charge in [-0.3, -0.25) is 0 Å². The Hall–Kier alpha value is -4.44. The van der Waals surface area contributed by atoms with Crippen molar-refractivity contribution in [2.24, 2.45) is 0 Å². The van der Waals surface area contributed by atoms with Crippen molar-refractivity contribution >= 4 is 33.5 Å². The lowest BCUT2D eigenvalue weighted by molar-refractivity contribution is 0.0588. The number of carbonyl (C=O) groups is 2. The zero-order valence-electron chi connectivity index (χ0n) is 18.9. The Kier molecular flexibility index (Phi) is 5.56. The molecule has 0 amide bonds. The van der Waals surface area contributed by atoms with Crippen molar-refractivity contribution in [1.82, 2.24) is 0 Å². The zero-order valence-corrected chi connectivity index (χ0v) is 18.9. The van der Waals surface area contributed by atoms with Gasteiger partial charge in [-0.1, -0.05) is 84.9 Å². The maximum atomic E-state index is 13.0. The van der Waals surface area contributed by atoms with Crippen molar-refractivity contribution in [3.05, 3.63) is 108 Å². The molecule has 0 aliphatic carbocycles. The SMILES string of the molecule is COC(=O)c1cc(-c2cccc3ccccc23)c(C(=O)OC)cc1-c1cccc2ccccc12. The highest BCUT2D eigenvalue weighted by molar-refractivity contribution is 6.10. The van der Waals surface area contributed by atoms with E-state index in [9.17, 15) is 9.59 Å². The van der Waals surface area contributed by atoms with Crippen LogP contribution in [0.5, 0.6) is 0 Å². The molecular formula is C30H22O4. The van der Waals surface area contributed by atoms with Crippen LogP contribution in [0.15, 0.2) is 97.1 Å². The van der Waals surface area contributed by atoms with Gasteiger partial charge in [-0.15, -0.1) is 0 Å². The standard InChI is InChI=1S/C30H22O4/c1-33-29(31)27-17-26(24-16-8-12-20-10-4-6-14-22(20)24)28(30(32)34-2)18-25(27)23-15-7-11-19-9-3-5-13-21(19)23/h3-18H,1-2H3. The molecule has 0 spiro atoms. The Balaban J connectivity index is 1.88. The van der Waals surface area contributed by atoms with Crippen LogP contribution in [-0.4, -0.2) is 26.2 Å². The first kappa shape index (κ1) is 21.4. The quantitative estimate of drug-likeness (QED) is 0.282. The molecule has 34 heavy (non-hydrogen) atoms. The summed E-state index contributed by atoms with van der Waals surface area (Å²) in [6, 6.07) is 31.2. The monoisotopic (exact) mass is 446 g/mol. The van der Waals surface area contributed by atoms with E-state index in [1.165, 1.54) is 14.2 Å². The summed E-state index contributed by atoms with van der Waals surface area (Å²) in [4.78, 5) is 26.0. The van der Waals surface area contributed by atoms with Crippen molar-refractivity contribution < 1.29 is 19.1 Å². The van der Waals surface area contributed by atoms with E-state index < -0.39 is 11.9 Å². The first-order valence-electron chi connectivity index (χ1n) is 10.9. The summed E-state index contributed by atoms with van der Waals surface area (Å²) in [5, 5.41) is 4.02. The Morgan fingerprint density at radius 3 is 1.29 bits per heavy atom. The van der Waals surface area contributed by atoms with Gasteiger partial charge in [0.05, 0.1) is 25.3 Å². The average molecular weight is 447 g/mol. The largest absolute Gasteiger partial charge is 0.465 e. The third-order valence-electron chi connectivity index (χ3n) is 6.13. The minimum Gasteiger partial charge on any atom is -0.465 e. The van der Waals surface area contributed by atoms with Gasteiger partial charge >= 0.3 is 11.9 Å². The molecule has 0 heterocycles. The zero-order chi connectivity index (χ0) is 23.7. The van der Waals surface area contributed by atoms with Gasteiger partial charge in [-0.05, 0) is 55.9 Å². The van der Waals surface area contributed by atoms with E-state index in [0.717, 1.165) is 32.7 Å². The second kappa shape index (κ2) is 8.83. The molecule has 0 saturated heterocycles. The third kappa shape index (κ3) is 3.59. The van der Waals surface area contributed by atoms with Crippen molar-refractivity contribution in [2.75, 3.05) is 14.2 Å². The number of hydrogen-bond donors (Lipinski definition) is 0. The van der Waals surface area contributed by atoms with Crippen LogP contribution >= 0.6 is 0 Å². The Morgan fingerprint density at radius 2 is 0.882 bits per heavy atom. The Bertz CT molecular complexity index is 1440. The third-order valence-corrected chi connectivity index (χ3v) is 6.13. The van der Waals surface area contributed by atoms with Gasteiger partial charge < -0.3 is 9.47 Å². The predicted octanol–water partition coefficient (Wildman–Crippen LogP) is 6.90. The predicted molar refractivity (Wildman–Crippen MR) is 135 cm³/mol. The Morgan fingerprint density at radius 1 is 0.500 bits per heavy atom. The van der Waals surface area contributed by atoms with Gasteiger partial charge in [0.15, 0.2) is 0 Å². The fraction of sp³-hybridized carbons (Fsp3) is 0.0667. The molecule has 0 aromatic heterocycles. The first-order valence-corrected chi connectivity index (χ1v) is 10.9. The molecule has 0 N–H and O–H groups in total. The van der Waals surface area contributed by atoms with E-state index in [0.29, 0.717) is 22.3 Å². The summed E-state index contributed by atoms with van der Waals surface area (Å²) in [5.41, 5.74) is 3.69. The molecule has 4 heteroatoms. The number of methoxy groups -OCH3 is 2. The normalized spacial score (nSPS) is 10.9. The van der Waals surface area contributed by atoms with E-state index in [2.05, 4.69) is 0 Å². The van der Waals surface area contributed by atoms with E-state index in [4.69, 9.17) is 9.47 Å². The van der Waals surface area contributed by atoms with Crippen LogP contribution in [0.25, 0.3) is 43.8 Å². The highest BCUT2D eigenvalue weighted by Crippen LogP contribution is 2.38. The van der Waals surface area contributed by atoms with Crippen LogP contribution in [-0.2, 0) is 9.47 Å². The summed E-state index contributed by atoms with van der Waals surface area (Å²) >= 11 is 0. The fourth-order valence-corrected chi connectivity index (χ4v) is 4.52. The maximum Gasteiger partial charge on any atom is 0.338 e. The number of rotatable bonds is 4. The molecule has 5 rings (SSSR count). The van der Waals surface area contributed by atoms with Crippen molar-refractivity contribution in [3.8, 4) is 22.3 Å². The lowest BCUT2D eigenvalue weighted by atomic mass is 9.87. The summed E-state index contributed by atoms with van der Waals surface area (Å²) < 4.78 is 10.3. The van der Waals surface area contributed by atoms with Gasteiger partial charge in [0.2, 0.25) is 0 Å². The summed E-state index contributed by atoms with van der Waals surface area (Å²) in [7, 11) is 2.72. The number of esters is 2. The Labute approximate surface area is 197 Å². The van der Waals surface area contributed by atoms with Crippen LogP contribution in [0.4, 0.5) is 0 Å². The van der Waals surface area contributed by atoms with Crippen LogP contribution < -0.4 is 0 Å². The molecule has 0 atom stereocenters. The van der Waals surface area contributed by atoms with Crippen LogP contribution in [0, 0.1) is 0 Å². The lowest BCUT2D eigenvalue weighted by Crippen LogP contribution is -2.10. The second-order valence-electron chi connectivity index (χ2n) is 7.98. The van der Waals surface area contributed by atoms with Crippen LogP contribution in [0.1, 0.15) is 20.7 Å². The minimum atomic E-state index is -0.471. The highest BCUT2D eigenvalue weighted by Gasteiger charge is 2.23. The molecule has 4 nitrogen and oxygen atoms in total. The van der Waals surface area contributed by atoms with E-state index in [1.54, 1.807) is 12.1 Å². The molecule has 0 fully saturated rings. The molecule has 5 aromatic carbocycles. The molecule has 0 radical (unpaired) electrons. The topological polar surface area (TPSA) is 52.6 Å². The molecular weight excluding hydrogens is 424 g/mol. The molecule has 0 bridgehead atoms. The number of fused-ring (bicyclic) bond motifs is 2. The van der Waals surface area contributed by atoms with E-state index >= 15 is 0 Å². The maximum absolute atomic E-state index is 13.0. The molecule has 166 valence electrons. The van der Waals surface area contributed by atoms with Gasteiger partial charge in [0.1, 0.15) is 0 Å². The van der Waals surface area contributed by atoms with Gasteiger partial charge in [0, 0.05) is 0 Å².